The summed E-state index contributed by atoms with van der Waals surface area (Å²) >= 11 is 1.06. The topological polar surface area (TPSA) is 79.3 Å². The molecule has 1 atom stereocenters. The van der Waals surface area contributed by atoms with Gasteiger partial charge in [-0.1, -0.05) is 33.1 Å². The average Bonchev–Trinajstić information content (AvgIpc) is 2.88. The Kier molecular flexibility index (Phi) is 6.49. The second kappa shape index (κ2) is 7.89. The molecule has 0 aliphatic carbocycles. The number of nitrogens with zero attached hydrogens (tertiary/aromatic N) is 1. The van der Waals surface area contributed by atoms with Gasteiger partial charge in [-0.15, -0.1) is 11.3 Å². The fourth-order valence-electron chi connectivity index (χ4n) is 1.73. The zero-order valence-corrected chi connectivity index (χ0v) is 12.1. The van der Waals surface area contributed by atoms with E-state index < -0.39 is 5.97 Å². The molecule has 0 saturated heterocycles. The lowest BCUT2D eigenvalue weighted by molar-refractivity contribution is 0.0691. The minimum Gasteiger partial charge on any atom is -0.476 e. The van der Waals surface area contributed by atoms with Crippen molar-refractivity contribution in [2.75, 3.05) is 6.54 Å². The third kappa shape index (κ3) is 4.98. The molecular formula is C13H20N2O3S. The van der Waals surface area contributed by atoms with E-state index in [1.54, 1.807) is 0 Å². The summed E-state index contributed by atoms with van der Waals surface area (Å²) in [5, 5.41) is 13.2. The maximum atomic E-state index is 11.8. The normalized spacial score (nSPS) is 12.1. The van der Waals surface area contributed by atoms with E-state index >= 15 is 0 Å². The first-order chi connectivity index (χ1) is 9.08. The number of carbonyl (C=O) groups is 2. The third-order valence-electron chi connectivity index (χ3n) is 3.01. The van der Waals surface area contributed by atoms with Crippen LogP contribution in [0.3, 0.4) is 0 Å². The number of carbonyl (C=O) groups excluding carboxylic acids is 1. The molecular weight excluding hydrogens is 264 g/mol. The lowest BCUT2D eigenvalue weighted by atomic mass is 9.99. The number of nitrogens with one attached hydrogen (secondary N) is 1. The molecule has 0 spiro atoms. The van der Waals surface area contributed by atoms with Crippen LogP contribution in [0.15, 0.2) is 5.38 Å². The van der Waals surface area contributed by atoms with Crippen LogP contribution in [-0.2, 0) is 0 Å². The summed E-state index contributed by atoms with van der Waals surface area (Å²) in [6, 6.07) is 0. The van der Waals surface area contributed by atoms with Crippen molar-refractivity contribution in [2.24, 2.45) is 5.92 Å². The highest BCUT2D eigenvalue weighted by molar-refractivity contribution is 7.11. The van der Waals surface area contributed by atoms with E-state index in [-0.39, 0.29) is 16.6 Å². The van der Waals surface area contributed by atoms with Gasteiger partial charge in [0.05, 0.1) is 0 Å². The number of unbranched alkanes of at least 4 members (excludes halogenated alkanes) is 1. The minimum atomic E-state index is -1.11. The standard InChI is InChI=1S/C13H20N2O3S/c1-3-5-6-9(4-2)7-14-11(16)12-15-10(8-19-12)13(17)18/h8-9H,3-7H2,1-2H3,(H,14,16)(H,17,18). The fraction of sp³-hybridized carbons (Fsp3) is 0.615. The molecule has 0 bridgehead atoms. The number of carboxylic acid groups (broad SMARTS) is 1. The Labute approximate surface area is 117 Å². The largest absolute Gasteiger partial charge is 0.476 e. The average molecular weight is 284 g/mol. The van der Waals surface area contributed by atoms with Gasteiger partial charge in [-0.3, -0.25) is 4.79 Å². The minimum absolute atomic E-state index is 0.0758. The van der Waals surface area contributed by atoms with Crippen molar-refractivity contribution in [2.45, 2.75) is 39.5 Å². The lowest BCUT2D eigenvalue weighted by Gasteiger charge is -2.14. The maximum absolute atomic E-state index is 11.8. The Morgan fingerprint density at radius 1 is 1.47 bits per heavy atom. The van der Waals surface area contributed by atoms with Gasteiger partial charge < -0.3 is 10.4 Å². The Balaban J connectivity index is 2.47. The lowest BCUT2D eigenvalue weighted by Crippen LogP contribution is -2.29. The number of thiazole rings is 1. The number of carboxylic acids is 1. The molecule has 0 radical (unpaired) electrons. The van der Waals surface area contributed by atoms with Crippen LogP contribution in [0.4, 0.5) is 0 Å². The predicted molar refractivity (Wildman–Crippen MR) is 74.7 cm³/mol. The quantitative estimate of drug-likeness (QED) is 0.769. The summed E-state index contributed by atoms with van der Waals surface area (Å²) in [7, 11) is 0. The maximum Gasteiger partial charge on any atom is 0.355 e. The first-order valence-corrected chi connectivity index (χ1v) is 7.43. The summed E-state index contributed by atoms with van der Waals surface area (Å²) in [4.78, 5) is 26.3. The second-order valence-electron chi connectivity index (χ2n) is 4.47. The summed E-state index contributed by atoms with van der Waals surface area (Å²) in [5.74, 6) is -0.917. The van der Waals surface area contributed by atoms with Crippen LogP contribution in [0.5, 0.6) is 0 Å². The number of aromatic nitrogens is 1. The van der Waals surface area contributed by atoms with Crippen LogP contribution >= 0.6 is 11.3 Å². The van der Waals surface area contributed by atoms with E-state index in [0.29, 0.717) is 12.5 Å². The molecule has 0 aliphatic rings. The van der Waals surface area contributed by atoms with Crippen LogP contribution < -0.4 is 5.32 Å². The van der Waals surface area contributed by atoms with E-state index in [2.05, 4.69) is 24.1 Å². The highest BCUT2D eigenvalue weighted by atomic mass is 32.1. The summed E-state index contributed by atoms with van der Waals surface area (Å²) in [6.07, 6.45) is 4.44. The molecule has 1 aromatic heterocycles. The van der Waals surface area contributed by atoms with Crippen molar-refractivity contribution in [1.82, 2.24) is 10.3 Å². The van der Waals surface area contributed by atoms with Gasteiger partial charge in [0.15, 0.2) is 10.7 Å². The summed E-state index contributed by atoms with van der Waals surface area (Å²) in [6.45, 7) is 4.88. The third-order valence-corrected chi connectivity index (χ3v) is 3.85. The van der Waals surface area contributed by atoms with Gasteiger partial charge in [0.25, 0.3) is 5.91 Å². The first kappa shape index (κ1) is 15.6. The molecule has 0 saturated carbocycles. The molecule has 0 fully saturated rings. The van der Waals surface area contributed by atoms with Gasteiger partial charge in [-0.2, -0.15) is 0 Å². The zero-order chi connectivity index (χ0) is 14.3. The molecule has 5 nitrogen and oxygen atoms in total. The van der Waals surface area contributed by atoms with E-state index in [1.165, 1.54) is 5.38 Å². The van der Waals surface area contributed by atoms with Gasteiger partial charge in [-0.25, -0.2) is 9.78 Å². The van der Waals surface area contributed by atoms with Gasteiger partial charge in [0.2, 0.25) is 0 Å². The van der Waals surface area contributed by atoms with E-state index in [0.717, 1.165) is 37.0 Å². The highest BCUT2D eigenvalue weighted by Crippen LogP contribution is 2.13. The molecule has 1 amide bonds. The molecule has 6 heteroatoms. The van der Waals surface area contributed by atoms with E-state index in [9.17, 15) is 9.59 Å². The molecule has 1 heterocycles. The second-order valence-corrected chi connectivity index (χ2v) is 5.33. The smallest absolute Gasteiger partial charge is 0.355 e. The molecule has 1 rings (SSSR count). The van der Waals surface area contributed by atoms with Crippen LogP contribution in [0.2, 0.25) is 0 Å². The predicted octanol–water partition coefficient (Wildman–Crippen LogP) is 2.79. The Morgan fingerprint density at radius 3 is 2.74 bits per heavy atom. The number of aromatic carboxylic acids is 1. The Hall–Kier alpha value is -1.43. The molecule has 1 aromatic rings. The first-order valence-electron chi connectivity index (χ1n) is 6.55. The molecule has 2 N–H and O–H groups in total. The molecule has 19 heavy (non-hydrogen) atoms. The van der Waals surface area contributed by atoms with Crippen molar-refractivity contribution in [3.05, 3.63) is 16.1 Å². The van der Waals surface area contributed by atoms with Gasteiger partial charge in [-0.05, 0) is 12.3 Å². The molecule has 1 unspecified atom stereocenters. The molecule has 106 valence electrons. The zero-order valence-electron chi connectivity index (χ0n) is 11.3. The van der Waals surface area contributed by atoms with Crippen LogP contribution in [0, 0.1) is 5.92 Å². The van der Waals surface area contributed by atoms with Crippen molar-refractivity contribution < 1.29 is 14.7 Å². The number of hydrogen-bond donors (Lipinski definition) is 2. The highest BCUT2D eigenvalue weighted by Gasteiger charge is 2.15. The van der Waals surface area contributed by atoms with Gasteiger partial charge in [0.1, 0.15) is 0 Å². The van der Waals surface area contributed by atoms with Crippen LogP contribution in [0.1, 0.15) is 59.8 Å². The molecule has 0 aliphatic heterocycles. The van der Waals surface area contributed by atoms with Gasteiger partial charge >= 0.3 is 5.97 Å². The summed E-state index contributed by atoms with van der Waals surface area (Å²) in [5.41, 5.74) is -0.0758. The Bertz CT molecular complexity index is 431. The van der Waals surface area contributed by atoms with Crippen molar-refractivity contribution in [1.29, 1.82) is 0 Å². The fourth-order valence-corrected chi connectivity index (χ4v) is 2.44. The number of rotatable bonds is 8. The SMILES string of the molecule is CCCCC(CC)CNC(=O)c1nc(C(=O)O)cs1. The van der Waals surface area contributed by atoms with Crippen molar-refractivity contribution in [3.8, 4) is 0 Å². The van der Waals surface area contributed by atoms with E-state index in [4.69, 9.17) is 5.11 Å². The summed E-state index contributed by atoms with van der Waals surface area (Å²) < 4.78 is 0. The number of amides is 1. The van der Waals surface area contributed by atoms with Crippen LogP contribution in [0.25, 0.3) is 0 Å². The molecule has 0 aromatic carbocycles. The van der Waals surface area contributed by atoms with Crippen LogP contribution in [-0.4, -0.2) is 28.5 Å². The monoisotopic (exact) mass is 284 g/mol. The van der Waals surface area contributed by atoms with E-state index in [1.807, 2.05) is 0 Å². The van der Waals surface area contributed by atoms with Crippen molar-refractivity contribution in [3.63, 3.8) is 0 Å². The van der Waals surface area contributed by atoms with Crippen molar-refractivity contribution >= 4 is 23.2 Å². The van der Waals surface area contributed by atoms with Gasteiger partial charge in [0, 0.05) is 11.9 Å². The Morgan fingerprint density at radius 2 is 2.21 bits per heavy atom. The number of hydrogen-bond acceptors (Lipinski definition) is 4.